The number of fused-ring (bicyclic) bond motifs is 1. The van der Waals surface area contributed by atoms with Gasteiger partial charge in [0.2, 0.25) is 0 Å². The molecule has 88 valence electrons. The summed E-state index contributed by atoms with van der Waals surface area (Å²) in [6, 6.07) is 8.20. The van der Waals surface area contributed by atoms with Gasteiger partial charge in [-0.2, -0.15) is 0 Å². The van der Waals surface area contributed by atoms with Crippen LogP contribution in [-0.4, -0.2) is 21.4 Å². The second-order valence-electron chi connectivity index (χ2n) is 4.29. The second kappa shape index (κ2) is 4.20. The first-order valence-electron chi connectivity index (χ1n) is 5.97. The third-order valence-electron chi connectivity index (χ3n) is 3.23. The number of aromatic nitrogens is 3. The molecule has 2 aromatic rings. The fraction of sp³-hybridized carbons (Fsp3) is 0.385. The highest BCUT2D eigenvalue weighted by molar-refractivity contribution is 5.36. The zero-order valence-corrected chi connectivity index (χ0v) is 9.84. The molecule has 0 radical (unpaired) electrons. The molecule has 4 nitrogen and oxygen atoms in total. The van der Waals surface area contributed by atoms with Crippen molar-refractivity contribution in [2.45, 2.75) is 25.8 Å². The lowest BCUT2D eigenvalue weighted by atomic mass is 9.96. The van der Waals surface area contributed by atoms with E-state index in [4.69, 9.17) is 4.74 Å². The smallest absolute Gasteiger partial charge is 0.139 e. The van der Waals surface area contributed by atoms with Gasteiger partial charge < -0.3 is 9.30 Å². The van der Waals surface area contributed by atoms with Crippen molar-refractivity contribution in [3.8, 4) is 5.75 Å². The molecule has 4 heteroatoms. The number of hydrogen-bond donors (Lipinski definition) is 0. The quantitative estimate of drug-likeness (QED) is 0.791. The van der Waals surface area contributed by atoms with Gasteiger partial charge in [0.15, 0.2) is 0 Å². The Morgan fingerprint density at radius 2 is 2.29 bits per heavy atom. The summed E-state index contributed by atoms with van der Waals surface area (Å²) in [5.41, 5.74) is 1.26. The highest BCUT2D eigenvalue weighted by Gasteiger charge is 2.24. The number of rotatable bonds is 2. The van der Waals surface area contributed by atoms with Crippen LogP contribution in [0, 0.1) is 0 Å². The Bertz CT molecular complexity index is 521. The van der Waals surface area contributed by atoms with E-state index < -0.39 is 0 Å². The SMILES string of the molecule is CCn1cnnc1C1COc2ccccc2C1. The van der Waals surface area contributed by atoms with Gasteiger partial charge in [-0.3, -0.25) is 0 Å². The van der Waals surface area contributed by atoms with Crippen molar-refractivity contribution >= 4 is 0 Å². The maximum absolute atomic E-state index is 5.78. The molecule has 0 fully saturated rings. The molecule has 1 atom stereocenters. The minimum Gasteiger partial charge on any atom is -0.493 e. The fourth-order valence-electron chi connectivity index (χ4n) is 2.32. The Morgan fingerprint density at radius 1 is 1.41 bits per heavy atom. The van der Waals surface area contributed by atoms with Crippen molar-refractivity contribution < 1.29 is 4.74 Å². The van der Waals surface area contributed by atoms with Gasteiger partial charge in [-0.05, 0) is 25.0 Å². The van der Waals surface area contributed by atoms with Gasteiger partial charge in [0.25, 0.3) is 0 Å². The average Bonchev–Trinajstić information content (AvgIpc) is 2.86. The van der Waals surface area contributed by atoms with E-state index >= 15 is 0 Å². The third-order valence-corrected chi connectivity index (χ3v) is 3.23. The molecule has 1 unspecified atom stereocenters. The van der Waals surface area contributed by atoms with Crippen LogP contribution in [0.1, 0.15) is 24.2 Å². The molecule has 3 rings (SSSR count). The van der Waals surface area contributed by atoms with Crippen molar-refractivity contribution in [3.05, 3.63) is 42.0 Å². The van der Waals surface area contributed by atoms with E-state index in [1.165, 1.54) is 5.56 Å². The van der Waals surface area contributed by atoms with Crippen LogP contribution in [0.2, 0.25) is 0 Å². The van der Waals surface area contributed by atoms with E-state index in [1.54, 1.807) is 6.33 Å². The molecule has 1 aromatic carbocycles. The molecule has 1 aliphatic rings. The number of nitrogens with zero attached hydrogens (tertiary/aromatic N) is 3. The molecular formula is C13H15N3O. The van der Waals surface area contributed by atoms with Gasteiger partial charge in [-0.25, -0.2) is 0 Å². The van der Waals surface area contributed by atoms with Gasteiger partial charge in [-0.15, -0.1) is 10.2 Å². The Labute approximate surface area is 100 Å². The van der Waals surface area contributed by atoms with Crippen LogP contribution in [0.15, 0.2) is 30.6 Å². The molecule has 0 aliphatic carbocycles. The number of ether oxygens (including phenoxy) is 1. The van der Waals surface area contributed by atoms with E-state index in [2.05, 4.69) is 33.8 Å². The number of benzene rings is 1. The summed E-state index contributed by atoms with van der Waals surface area (Å²) in [6.45, 7) is 3.70. The van der Waals surface area contributed by atoms with Crippen molar-refractivity contribution in [2.24, 2.45) is 0 Å². The van der Waals surface area contributed by atoms with Crippen molar-refractivity contribution in [1.82, 2.24) is 14.8 Å². The monoisotopic (exact) mass is 229 g/mol. The summed E-state index contributed by atoms with van der Waals surface area (Å²) < 4.78 is 7.86. The normalized spacial score (nSPS) is 18.5. The zero-order valence-electron chi connectivity index (χ0n) is 9.84. The van der Waals surface area contributed by atoms with Crippen LogP contribution in [0.3, 0.4) is 0 Å². The van der Waals surface area contributed by atoms with Gasteiger partial charge in [0, 0.05) is 6.54 Å². The minimum atomic E-state index is 0.312. The molecule has 0 saturated carbocycles. The van der Waals surface area contributed by atoms with E-state index in [0.29, 0.717) is 12.5 Å². The molecule has 0 N–H and O–H groups in total. The fourth-order valence-corrected chi connectivity index (χ4v) is 2.32. The number of aryl methyl sites for hydroxylation is 1. The maximum Gasteiger partial charge on any atom is 0.139 e. The van der Waals surface area contributed by atoms with Crippen LogP contribution in [0.5, 0.6) is 5.75 Å². The summed E-state index contributed by atoms with van der Waals surface area (Å²) in [5, 5.41) is 8.20. The molecule has 2 heterocycles. The zero-order chi connectivity index (χ0) is 11.7. The largest absolute Gasteiger partial charge is 0.493 e. The number of para-hydroxylation sites is 1. The summed E-state index contributed by atoms with van der Waals surface area (Å²) in [5.74, 6) is 2.35. The highest BCUT2D eigenvalue weighted by atomic mass is 16.5. The summed E-state index contributed by atoms with van der Waals surface area (Å²) in [4.78, 5) is 0. The molecule has 0 bridgehead atoms. The van der Waals surface area contributed by atoms with Gasteiger partial charge in [0.1, 0.15) is 17.9 Å². The lowest BCUT2D eigenvalue weighted by Crippen LogP contribution is -2.22. The summed E-state index contributed by atoms with van der Waals surface area (Å²) in [6.07, 6.45) is 2.77. The second-order valence-corrected chi connectivity index (χ2v) is 4.29. The lowest BCUT2D eigenvalue weighted by Gasteiger charge is -2.24. The van der Waals surface area contributed by atoms with Crippen molar-refractivity contribution in [2.75, 3.05) is 6.61 Å². The Balaban J connectivity index is 1.89. The van der Waals surface area contributed by atoms with Crippen molar-refractivity contribution in [3.63, 3.8) is 0 Å². The van der Waals surface area contributed by atoms with Crippen LogP contribution in [0.25, 0.3) is 0 Å². The maximum atomic E-state index is 5.78. The third kappa shape index (κ3) is 1.79. The van der Waals surface area contributed by atoms with Crippen LogP contribution >= 0.6 is 0 Å². The van der Waals surface area contributed by atoms with Crippen molar-refractivity contribution in [1.29, 1.82) is 0 Å². The van der Waals surface area contributed by atoms with E-state index in [-0.39, 0.29) is 0 Å². The Morgan fingerprint density at radius 3 is 3.18 bits per heavy atom. The molecule has 1 aliphatic heterocycles. The van der Waals surface area contributed by atoms with E-state index in [0.717, 1.165) is 24.5 Å². The molecule has 0 saturated heterocycles. The Kier molecular flexibility index (Phi) is 2.55. The predicted molar refractivity (Wildman–Crippen MR) is 64.1 cm³/mol. The van der Waals surface area contributed by atoms with Crippen LogP contribution in [0.4, 0.5) is 0 Å². The topological polar surface area (TPSA) is 39.9 Å². The van der Waals surface area contributed by atoms with E-state index in [1.807, 2.05) is 12.1 Å². The summed E-state index contributed by atoms with van der Waals surface area (Å²) in [7, 11) is 0. The standard InChI is InChI=1S/C13H15N3O/c1-2-16-9-14-15-13(16)11-7-10-5-3-4-6-12(10)17-8-11/h3-6,9,11H,2,7-8H2,1H3. The molecule has 1 aromatic heterocycles. The molecular weight excluding hydrogens is 214 g/mol. The lowest BCUT2D eigenvalue weighted by molar-refractivity contribution is 0.254. The van der Waals surface area contributed by atoms with E-state index in [9.17, 15) is 0 Å². The first-order valence-corrected chi connectivity index (χ1v) is 5.97. The van der Waals surface area contributed by atoms with Gasteiger partial charge >= 0.3 is 0 Å². The van der Waals surface area contributed by atoms with Crippen LogP contribution in [-0.2, 0) is 13.0 Å². The molecule has 0 spiro atoms. The molecule has 17 heavy (non-hydrogen) atoms. The van der Waals surface area contributed by atoms with Crippen LogP contribution < -0.4 is 4.74 Å². The minimum absolute atomic E-state index is 0.312. The summed E-state index contributed by atoms with van der Waals surface area (Å²) >= 11 is 0. The van der Waals surface area contributed by atoms with Gasteiger partial charge in [0.05, 0.1) is 12.5 Å². The first kappa shape index (κ1) is 10.3. The predicted octanol–water partition coefficient (Wildman–Crippen LogP) is 2.02. The highest BCUT2D eigenvalue weighted by Crippen LogP contribution is 2.31. The first-order chi connectivity index (χ1) is 8.38. The molecule has 0 amide bonds. The van der Waals surface area contributed by atoms with Gasteiger partial charge in [-0.1, -0.05) is 18.2 Å². The average molecular weight is 229 g/mol. The number of hydrogen-bond acceptors (Lipinski definition) is 3. The Hall–Kier alpha value is -1.84.